The van der Waals surface area contributed by atoms with Crippen molar-refractivity contribution in [3.8, 4) is 0 Å². The van der Waals surface area contributed by atoms with Crippen molar-refractivity contribution in [2.24, 2.45) is 5.92 Å². The van der Waals surface area contributed by atoms with Crippen molar-refractivity contribution in [1.29, 1.82) is 0 Å². The van der Waals surface area contributed by atoms with E-state index in [4.69, 9.17) is 4.52 Å². The Morgan fingerprint density at radius 1 is 1.41 bits per heavy atom. The van der Waals surface area contributed by atoms with Crippen LogP contribution >= 0.6 is 0 Å². The SMILES string of the molecule is CCCNCC(=Cc1c(C)noc1C)C(C)C. The average molecular weight is 236 g/mol. The van der Waals surface area contributed by atoms with Gasteiger partial charge < -0.3 is 9.84 Å². The van der Waals surface area contributed by atoms with Gasteiger partial charge in [0.2, 0.25) is 0 Å². The van der Waals surface area contributed by atoms with Gasteiger partial charge in [-0.25, -0.2) is 0 Å². The van der Waals surface area contributed by atoms with Crippen molar-refractivity contribution in [2.75, 3.05) is 13.1 Å². The van der Waals surface area contributed by atoms with Crippen molar-refractivity contribution < 1.29 is 4.52 Å². The maximum absolute atomic E-state index is 5.19. The van der Waals surface area contributed by atoms with E-state index in [9.17, 15) is 0 Å². The minimum absolute atomic E-state index is 0.535. The molecule has 0 saturated heterocycles. The van der Waals surface area contributed by atoms with E-state index in [0.717, 1.165) is 36.5 Å². The second-order valence-electron chi connectivity index (χ2n) is 4.79. The third kappa shape index (κ3) is 4.00. The van der Waals surface area contributed by atoms with E-state index in [1.807, 2.05) is 13.8 Å². The first-order valence-electron chi connectivity index (χ1n) is 6.40. The fourth-order valence-electron chi connectivity index (χ4n) is 1.71. The van der Waals surface area contributed by atoms with Gasteiger partial charge in [0.25, 0.3) is 0 Å². The van der Waals surface area contributed by atoms with Gasteiger partial charge in [0.15, 0.2) is 0 Å². The summed E-state index contributed by atoms with van der Waals surface area (Å²) in [5, 5.41) is 7.43. The molecule has 0 amide bonds. The van der Waals surface area contributed by atoms with Crippen LogP contribution in [0.5, 0.6) is 0 Å². The monoisotopic (exact) mass is 236 g/mol. The second-order valence-corrected chi connectivity index (χ2v) is 4.79. The van der Waals surface area contributed by atoms with Crippen LogP contribution in [-0.4, -0.2) is 18.2 Å². The highest BCUT2D eigenvalue weighted by atomic mass is 16.5. The summed E-state index contributed by atoms with van der Waals surface area (Å²) < 4.78 is 5.19. The van der Waals surface area contributed by atoms with Crippen LogP contribution in [0.3, 0.4) is 0 Å². The number of aromatic nitrogens is 1. The molecule has 0 aliphatic heterocycles. The van der Waals surface area contributed by atoms with Crippen LogP contribution in [0.15, 0.2) is 10.1 Å². The highest BCUT2D eigenvalue weighted by molar-refractivity contribution is 5.57. The maximum atomic E-state index is 5.19. The maximum Gasteiger partial charge on any atom is 0.141 e. The zero-order valence-corrected chi connectivity index (χ0v) is 11.6. The Bertz CT molecular complexity index is 358. The van der Waals surface area contributed by atoms with E-state index < -0.39 is 0 Å². The highest BCUT2D eigenvalue weighted by Gasteiger charge is 2.09. The molecule has 0 unspecified atom stereocenters. The largest absolute Gasteiger partial charge is 0.361 e. The summed E-state index contributed by atoms with van der Waals surface area (Å²) in [6.45, 7) is 12.6. The summed E-state index contributed by atoms with van der Waals surface area (Å²) in [7, 11) is 0. The standard InChI is InChI=1S/C14H24N2O/c1-6-7-15-9-13(10(2)3)8-14-11(4)16-17-12(14)5/h8,10,15H,6-7,9H2,1-5H3. The van der Waals surface area contributed by atoms with Crippen LogP contribution in [0.1, 0.15) is 44.2 Å². The molecule has 0 aliphatic carbocycles. The Morgan fingerprint density at radius 2 is 2.12 bits per heavy atom. The number of nitrogens with one attached hydrogen (secondary N) is 1. The van der Waals surface area contributed by atoms with E-state index in [1.165, 1.54) is 5.57 Å². The topological polar surface area (TPSA) is 38.1 Å². The van der Waals surface area contributed by atoms with Gasteiger partial charge in [-0.2, -0.15) is 0 Å². The normalized spacial score (nSPS) is 12.5. The molecule has 3 nitrogen and oxygen atoms in total. The van der Waals surface area contributed by atoms with Crippen molar-refractivity contribution >= 4 is 6.08 Å². The van der Waals surface area contributed by atoms with Gasteiger partial charge in [-0.15, -0.1) is 0 Å². The molecule has 0 aliphatic rings. The van der Waals surface area contributed by atoms with Gasteiger partial charge in [-0.3, -0.25) is 0 Å². The summed E-state index contributed by atoms with van der Waals surface area (Å²) in [5.41, 5.74) is 3.50. The third-order valence-electron chi connectivity index (χ3n) is 2.92. The number of rotatable bonds is 6. The lowest BCUT2D eigenvalue weighted by Gasteiger charge is -2.12. The summed E-state index contributed by atoms with van der Waals surface area (Å²) >= 11 is 0. The van der Waals surface area contributed by atoms with E-state index in [-0.39, 0.29) is 0 Å². The summed E-state index contributed by atoms with van der Waals surface area (Å²) in [6, 6.07) is 0. The average Bonchev–Trinajstić information content (AvgIpc) is 2.58. The molecule has 1 N–H and O–H groups in total. The van der Waals surface area contributed by atoms with Crippen molar-refractivity contribution in [1.82, 2.24) is 10.5 Å². The zero-order chi connectivity index (χ0) is 12.8. The Hall–Kier alpha value is -1.09. The molecule has 3 heteroatoms. The molecule has 1 rings (SSSR count). The molecule has 17 heavy (non-hydrogen) atoms. The molecule has 1 aromatic rings. The lowest BCUT2D eigenvalue weighted by molar-refractivity contribution is 0.393. The van der Waals surface area contributed by atoms with Crippen LogP contribution in [0, 0.1) is 19.8 Å². The number of hydrogen-bond donors (Lipinski definition) is 1. The van der Waals surface area contributed by atoms with Crippen LogP contribution in [0.25, 0.3) is 6.08 Å². The number of hydrogen-bond acceptors (Lipinski definition) is 3. The molecule has 1 aromatic heterocycles. The molecule has 0 aromatic carbocycles. The minimum atomic E-state index is 0.535. The lowest BCUT2D eigenvalue weighted by Crippen LogP contribution is -2.20. The fourth-order valence-corrected chi connectivity index (χ4v) is 1.71. The zero-order valence-electron chi connectivity index (χ0n) is 11.6. The van der Waals surface area contributed by atoms with Gasteiger partial charge in [-0.1, -0.05) is 31.5 Å². The smallest absolute Gasteiger partial charge is 0.141 e. The molecule has 0 radical (unpaired) electrons. The Morgan fingerprint density at radius 3 is 2.59 bits per heavy atom. The van der Waals surface area contributed by atoms with Crippen molar-refractivity contribution in [3.63, 3.8) is 0 Å². The second kappa shape index (κ2) is 6.60. The summed E-state index contributed by atoms with van der Waals surface area (Å²) in [5.74, 6) is 1.43. The third-order valence-corrected chi connectivity index (χ3v) is 2.92. The van der Waals surface area contributed by atoms with E-state index in [0.29, 0.717) is 5.92 Å². The molecular weight excluding hydrogens is 212 g/mol. The fraction of sp³-hybridized carbons (Fsp3) is 0.643. The predicted octanol–water partition coefficient (Wildman–Crippen LogP) is 3.33. The number of nitrogens with zero attached hydrogens (tertiary/aromatic N) is 1. The summed E-state index contributed by atoms with van der Waals surface area (Å²) in [4.78, 5) is 0. The molecule has 0 spiro atoms. The Balaban J connectivity index is 2.83. The van der Waals surface area contributed by atoms with E-state index in [1.54, 1.807) is 0 Å². The molecule has 0 saturated carbocycles. The number of aryl methyl sites for hydroxylation is 2. The van der Waals surface area contributed by atoms with Gasteiger partial charge >= 0.3 is 0 Å². The molecule has 0 fully saturated rings. The van der Waals surface area contributed by atoms with Crippen molar-refractivity contribution in [2.45, 2.75) is 41.0 Å². The minimum Gasteiger partial charge on any atom is -0.361 e. The first kappa shape index (κ1) is 14.0. The quantitative estimate of drug-likeness (QED) is 0.770. The first-order valence-corrected chi connectivity index (χ1v) is 6.40. The molecule has 0 bridgehead atoms. The van der Waals surface area contributed by atoms with Gasteiger partial charge in [0.05, 0.1) is 5.69 Å². The van der Waals surface area contributed by atoms with Crippen LogP contribution in [0.2, 0.25) is 0 Å². The molecular formula is C14H24N2O. The Labute approximate surface area is 104 Å². The lowest BCUT2D eigenvalue weighted by atomic mass is 9.99. The molecule has 1 heterocycles. The van der Waals surface area contributed by atoms with Crippen molar-refractivity contribution in [3.05, 3.63) is 22.6 Å². The van der Waals surface area contributed by atoms with Crippen LogP contribution in [-0.2, 0) is 0 Å². The van der Waals surface area contributed by atoms with Gasteiger partial charge in [0, 0.05) is 12.1 Å². The van der Waals surface area contributed by atoms with Crippen LogP contribution < -0.4 is 5.32 Å². The van der Waals surface area contributed by atoms with E-state index in [2.05, 4.69) is 37.3 Å². The Kier molecular flexibility index (Phi) is 5.42. The van der Waals surface area contributed by atoms with Crippen LogP contribution in [0.4, 0.5) is 0 Å². The summed E-state index contributed by atoms with van der Waals surface area (Å²) in [6.07, 6.45) is 3.38. The van der Waals surface area contributed by atoms with E-state index >= 15 is 0 Å². The first-order chi connectivity index (χ1) is 8.06. The molecule has 96 valence electrons. The highest BCUT2D eigenvalue weighted by Crippen LogP contribution is 2.19. The van der Waals surface area contributed by atoms with Gasteiger partial charge in [0.1, 0.15) is 5.76 Å². The predicted molar refractivity (Wildman–Crippen MR) is 72.0 cm³/mol. The molecule has 0 atom stereocenters. The van der Waals surface area contributed by atoms with Gasteiger partial charge in [-0.05, 0) is 38.8 Å².